The van der Waals surface area contributed by atoms with Crippen LogP contribution in [0.25, 0.3) is 10.9 Å². The number of piperidine rings is 1. The molecule has 1 aliphatic rings. The van der Waals surface area contributed by atoms with Crippen molar-refractivity contribution in [1.29, 1.82) is 0 Å². The molecule has 2 aromatic rings. The minimum absolute atomic E-state index is 0. The highest BCUT2D eigenvalue weighted by Crippen LogP contribution is 2.24. The number of amides is 1. The topological polar surface area (TPSA) is 71.2 Å². The predicted octanol–water partition coefficient (Wildman–Crippen LogP) is 2.08. The van der Waals surface area contributed by atoms with Gasteiger partial charge in [-0.05, 0) is 43.1 Å². The normalized spacial score (nSPS) is 17.9. The molecule has 0 radical (unpaired) electrons. The van der Waals surface area contributed by atoms with Gasteiger partial charge >= 0.3 is 0 Å². The first-order valence-electron chi connectivity index (χ1n) is 8.41. The van der Waals surface area contributed by atoms with Gasteiger partial charge in [0.05, 0.1) is 11.4 Å². The van der Waals surface area contributed by atoms with E-state index in [1.54, 1.807) is 24.4 Å². The highest BCUT2D eigenvalue weighted by Gasteiger charge is 2.25. The molecule has 0 saturated carbocycles. The van der Waals surface area contributed by atoms with Crippen LogP contribution in [0.3, 0.4) is 0 Å². The highest BCUT2D eigenvalue weighted by molar-refractivity contribution is 5.85. The largest absolute Gasteiger partial charge is 0.355 e. The molecule has 0 spiro atoms. The van der Waals surface area contributed by atoms with Crippen LogP contribution in [0.1, 0.15) is 18.4 Å². The summed E-state index contributed by atoms with van der Waals surface area (Å²) in [5.41, 5.74) is 7.13. The average Bonchev–Trinajstić information content (AvgIpc) is 2.62. The third-order valence-corrected chi connectivity index (χ3v) is 4.51. The van der Waals surface area contributed by atoms with Crippen molar-refractivity contribution in [3.8, 4) is 0 Å². The fourth-order valence-corrected chi connectivity index (χ4v) is 3.32. The van der Waals surface area contributed by atoms with Crippen LogP contribution in [-0.2, 0) is 11.3 Å². The Morgan fingerprint density at radius 2 is 2.24 bits per heavy atom. The maximum Gasteiger partial charge on any atom is 0.224 e. The maximum absolute atomic E-state index is 13.9. The van der Waals surface area contributed by atoms with E-state index < -0.39 is 0 Å². The van der Waals surface area contributed by atoms with E-state index in [0.29, 0.717) is 37.1 Å². The number of fused-ring (bicyclic) bond motifs is 1. The van der Waals surface area contributed by atoms with Gasteiger partial charge in [-0.1, -0.05) is 6.07 Å². The van der Waals surface area contributed by atoms with Crippen molar-refractivity contribution in [2.75, 3.05) is 26.2 Å². The SMILES string of the molecule is Cl.NCCNC(=O)C1CCCN(Cc2ccc(F)c3cccnc23)C1. The number of hydrogen-bond donors (Lipinski definition) is 2. The molecule has 3 rings (SSSR count). The lowest BCUT2D eigenvalue weighted by Gasteiger charge is -2.32. The third kappa shape index (κ3) is 4.66. The van der Waals surface area contributed by atoms with Crippen molar-refractivity contribution in [2.24, 2.45) is 11.7 Å². The maximum atomic E-state index is 13.9. The van der Waals surface area contributed by atoms with Crippen LogP contribution in [0.4, 0.5) is 4.39 Å². The van der Waals surface area contributed by atoms with E-state index in [1.807, 2.05) is 0 Å². The molecule has 0 aliphatic carbocycles. The van der Waals surface area contributed by atoms with Crippen LogP contribution >= 0.6 is 12.4 Å². The van der Waals surface area contributed by atoms with E-state index in [2.05, 4.69) is 15.2 Å². The molecule has 1 aromatic carbocycles. The summed E-state index contributed by atoms with van der Waals surface area (Å²) in [6.45, 7) is 3.29. The summed E-state index contributed by atoms with van der Waals surface area (Å²) >= 11 is 0. The zero-order valence-electron chi connectivity index (χ0n) is 14.1. The van der Waals surface area contributed by atoms with Crippen molar-refractivity contribution in [1.82, 2.24) is 15.2 Å². The molecule has 1 atom stereocenters. The summed E-state index contributed by atoms with van der Waals surface area (Å²) in [4.78, 5) is 18.7. The standard InChI is InChI=1S/C18H23FN4O.ClH/c19-16-6-5-13(17-15(16)4-1-8-21-17)11-23-10-2-3-14(12-23)18(24)22-9-7-20;/h1,4-6,8,14H,2-3,7,9-12,20H2,(H,22,24);1H. The summed E-state index contributed by atoms with van der Waals surface area (Å²) in [6.07, 6.45) is 3.56. The van der Waals surface area contributed by atoms with Gasteiger partial charge in [-0.2, -0.15) is 0 Å². The number of likely N-dealkylation sites (tertiary alicyclic amines) is 1. The Bertz CT molecular complexity index is 727. The average molecular weight is 367 g/mol. The monoisotopic (exact) mass is 366 g/mol. The number of aromatic nitrogens is 1. The van der Waals surface area contributed by atoms with Gasteiger partial charge in [0.15, 0.2) is 0 Å². The molecule has 1 fully saturated rings. The van der Waals surface area contributed by atoms with E-state index >= 15 is 0 Å². The Labute approximate surface area is 153 Å². The lowest BCUT2D eigenvalue weighted by atomic mass is 9.96. The molecule has 7 heteroatoms. The van der Waals surface area contributed by atoms with Gasteiger partial charge in [0.1, 0.15) is 5.82 Å². The van der Waals surface area contributed by atoms with Gasteiger partial charge in [0.25, 0.3) is 0 Å². The van der Waals surface area contributed by atoms with Crippen LogP contribution < -0.4 is 11.1 Å². The molecule has 1 amide bonds. The van der Waals surface area contributed by atoms with Gasteiger partial charge in [0.2, 0.25) is 5.91 Å². The summed E-state index contributed by atoms with van der Waals surface area (Å²) in [7, 11) is 0. The van der Waals surface area contributed by atoms with Gasteiger partial charge in [-0.15, -0.1) is 12.4 Å². The first-order valence-corrected chi connectivity index (χ1v) is 8.41. The Balaban J connectivity index is 0.00000225. The molecule has 25 heavy (non-hydrogen) atoms. The molecule has 1 saturated heterocycles. The lowest BCUT2D eigenvalue weighted by molar-refractivity contribution is -0.126. The molecule has 1 aliphatic heterocycles. The second-order valence-electron chi connectivity index (χ2n) is 6.26. The van der Waals surface area contributed by atoms with Gasteiger partial charge < -0.3 is 11.1 Å². The number of rotatable bonds is 5. The second-order valence-corrected chi connectivity index (χ2v) is 6.26. The van der Waals surface area contributed by atoms with Crippen molar-refractivity contribution < 1.29 is 9.18 Å². The second kappa shape index (κ2) is 9.08. The number of halogens is 2. The minimum atomic E-state index is -0.250. The van der Waals surface area contributed by atoms with Gasteiger partial charge in [0, 0.05) is 37.8 Å². The van der Waals surface area contributed by atoms with E-state index in [0.717, 1.165) is 24.9 Å². The molecular formula is C18H24ClFN4O. The van der Waals surface area contributed by atoms with Crippen molar-refractivity contribution in [2.45, 2.75) is 19.4 Å². The van der Waals surface area contributed by atoms with E-state index in [-0.39, 0.29) is 30.0 Å². The first kappa shape index (κ1) is 19.6. The lowest BCUT2D eigenvalue weighted by Crippen LogP contribution is -2.43. The van der Waals surface area contributed by atoms with Crippen LogP contribution in [-0.4, -0.2) is 42.0 Å². The third-order valence-electron chi connectivity index (χ3n) is 4.51. The van der Waals surface area contributed by atoms with Crippen molar-refractivity contribution >= 4 is 29.2 Å². The Morgan fingerprint density at radius 1 is 1.40 bits per heavy atom. The number of hydrogen-bond acceptors (Lipinski definition) is 4. The summed E-state index contributed by atoms with van der Waals surface area (Å²) in [5.74, 6) is -0.184. The van der Waals surface area contributed by atoms with Crippen LogP contribution in [0.2, 0.25) is 0 Å². The Hall–Kier alpha value is -1.76. The number of benzene rings is 1. The van der Waals surface area contributed by atoms with E-state index in [1.165, 1.54) is 6.07 Å². The molecule has 1 unspecified atom stereocenters. The number of carbonyl (C=O) groups excluding carboxylic acids is 1. The Morgan fingerprint density at radius 3 is 3.04 bits per heavy atom. The molecule has 5 nitrogen and oxygen atoms in total. The van der Waals surface area contributed by atoms with Crippen molar-refractivity contribution in [3.63, 3.8) is 0 Å². The molecule has 1 aromatic heterocycles. The van der Waals surface area contributed by atoms with Gasteiger partial charge in [-0.25, -0.2) is 4.39 Å². The van der Waals surface area contributed by atoms with Crippen molar-refractivity contribution in [3.05, 3.63) is 41.8 Å². The zero-order valence-corrected chi connectivity index (χ0v) is 14.9. The van der Waals surface area contributed by atoms with Crippen LogP contribution in [0, 0.1) is 11.7 Å². The Kier molecular flexibility index (Phi) is 7.11. The smallest absolute Gasteiger partial charge is 0.224 e. The van der Waals surface area contributed by atoms with E-state index in [9.17, 15) is 9.18 Å². The molecule has 2 heterocycles. The predicted molar refractivity (Wildman–Crippen MR) is 99.0 cm³/mol. The highest BCUT2D eigenvalue weighted by atomic mass is 35.5. The molecule has 136 valence electrons. The van der Waals surface area contributed by atoms with Crippen LogP contribution in [0.5, 0.6) is 0 Å². The fraction of sp³-hybridized carbons (Fsp3) is 0.444. The number of nitrogens with one attached hydrogen (secondary N) is 1. The number of nitrogens with zero attached hydrogens (tertiary/aromatic N) is 2. The first-order chi connectivity index (χ1) is 11.7. The number of carbonyl (C=O) groups is 1. The molecule has 3 N–H and O–H groups in total. The van der Waals surface area contributed by atoms with E-state index in [4.69, 9.17) is 5.73 Å². The van der Waals surface area contributed by atoms with Gasteiger partial charge in [-0.3, -0.25) is 14.7 Å². The summed E-state index contributed by atoms with van der Waals surface area (Å²) in [6, 6.07) is 6.78. The fourth-order valence-electron chi connectivity index (χ4n) is 3.32. The minimum Gasteiger partial charge on any atom is -0.355 e. The summed E-state index contributed by atoms with van der Waals surface area (Å²) in [5, 5.41) is 3.42. The summed E-state index contributed by atoms with van der Waals surface area (Å²) < 4.78 is 13.9. The number of pyridine rings is 1. The zero-order chi connectivity index (χ0) is 16.9. The van der Waals surface area contributed by atoms with Crippen LogP contribution in [0.15, 0.2) is 30.5 Å². The quantitative estimate of drug-likeness (QED) is 0.850. The molecular weight excluding hydrogens is 343 g/mol. The molecule has 0 bridgehead atoms. The number of nitrogens with two attached hydrogens (primary N) is 1.